The van der Waals surface area contributed by atoms with Crippen molar-refractivity contribution >= 4 is 0 Å². The standard InChI is InChI=1S/C13H19NO/c1-9-8-11-12(15-9)6-7-14-13(11)10-4-2-3-5-10/h8,10,13-14H,2-7H2,1H3. The first-order chi connectivity index (χ1) is 7.34. The van der Waals surface area contributed by atoms with Crippen LogP contribution in [-0.2, 0) is 6.42 Å². The molecule has 1 aromatic heterocycles. The van der Waals surface area contributed by atoms with Crippen molar-refractivity contribution in [2.24, 2.45) is 5.92 Å². The average Bonchev–Trinajstić information content (AvgIpc) is 2.82. The minimum atomic E-state index is 0.577. The second kappa shape index (κ2) is 3.67. The van der Waals surface area contributed by atoms with Crippen LogP contribution in [0.1, 0.15) is 48.8 Å². The molecule has 2 heterocycles. The molecule has 0 bridgehead atoms. The molecule has 2 aliphatic rings. The number of rotatable bonds is 1. The molecule has 1 aromatic rings. The molecule has 0 radical (unpaired) electrons. The molecule has 2 nitrogen and oxygen atoms in total. The molecule has 0 amide bonds. The van der Waals surface area contributed by atoms with E-state index in [1.807, 2.05) is 0 Å². The zero-order valence-corrected chi connectivity index (χ0v) is 9.38. The number of aryl methyl sites for hydroxylation is 1. The van der Waals surface area contributed by atoms with E-state index in [4.69, 9.17) is 4.42 Å². The van der Waals surface area contributed by atoms with Gasteiger partial charge in [0.1, 0.15) is 11.5 Å². The number of furan rings is 1. The van der Waals surface area contributed by atoms with E-state index in [0.717, 1.165) is 24.6 Å². The van der Waals surface area contributed by atoms with E-state index in [2.05, 4.69) is 18.3 Å². The summed E-state index contributed by atoms with van der Waals surface area (Å²) in [5.74, 6) is 3.16. The molecule has 0 spiro atoms. The topological polar surface area (TPSA) is 25.2 Å². The van der Waals surface area contributed by atoms with Gasteiger partial charge < -0.3 is 9.73 Å². The van der Waals surface area contributed by atoms with Crippen LogP contribution < -0.4 is 5.32 Å². The lowest BCUT2D eigenvalue weighted by Crippen LogP contribution is -2.33. The Morgan fingerprint density at radius 3 is 2.93 bits per heavy atom. The lowest BCUT2D eigenvalue weighted by atomic mass is 9.89. The quantitative estimate of drug-likeness (QED) is 0.762. The van der Waals surface area contributed by atoms with Gasteiger partial charge in [-0.25, -0.2) is 0 Å². The minimum Gasteiger partial charge on any atom is -0.466 e. The molecule has 82 valence electrons. The molecule has 1 saturated carbocycles. The predicted molar refractivity (Wildman–Crippen MR) is 59.9 cm³/mol. The van der Waals surface area contributed by atoms with Crippen LogP contribution in [0, 0.1) is 12.8 Å². The van der Waals surface area contributed by atoms with Gasteiger partial charge in [0.25, 0.3) is 0 Å². The number of fused-ring (bicyclic) bond motifs is 1. The first kappa shape index (κ1) is 9.46. The van der Waals surface area contributed by atoms with Gasteiger partial charge >= 0.3 is 0 Å². The van der Waals surface area contributed by atoms with Gasteiger partial charge in [0.15, 0.2) is 0 Å². The third kappa shape index (κ3) is 1.61. The van der Waals surface area contributed by atoms with Gasteiger partial charge in [-0.1, -0.05) is 12.8 Å². The molecule has 0 aromatic carbocycles. The Kier molecular flexibility index (Phi) is 2.32. The third-order valence-corrected chi connectivity index (χ3v) is 3.89. The van der Waals surface area contributed by atoms with Gasteiger partial charge in [-0.2, -0.15) is 0 Å². The monoisotopic (exact) mass is 205 g/mol. The van der Waals surface area contributed by atoms with Gasteiger partial charge in [0.05, 0.1) is 0 Å². The molecule has 1 unspecified atom stereocenters. The van der Waals surface area contributed by atoms with E-state index in [1.54, 1.807) is 0 Å². The summed E-state index contributed by atoms with van der Waals surface area (Å²) >= 11 is 0. The molecule has 15 heavy (non-hydrogen) atoms. The van der Waals surface area contributed by atoms with Crippen molar-refractivity contribution in [3.8, 4) is 0 Å². The van der Waals surface area contributed by atoms with E-state index in [-0.39, 0.29) is 0 Å². The average molecular weight is 205 g/mol. The normalized spacial score (nSPS) is 26.9. The van der Waals surface area contributed by atoms with Crippen LogP contribution in [0.3, 0.4) is 0 Å². The van der Waals surface area contributed by atoms with Crippen LogP contribution in [0.15, 0.2) is 10.5 Å². The highest BCUT2D eigenvalue weighted by Crippen LogP contribution is 2.39. The van der Waals surface area contributed by atoms with Gasteiger partial charge in [0.2, 0.25) is 0 Å². The predicted octanol–water partition coefficient (Wildman–Crippen LogP) is 2.97. The summed E-state index contributed by atoms with van der Waals surface area (Å²) in [7, 11) is 0. The summed E-state index contributed by atoms with van der Waals surface area (Å²) in [4.78, 5) is 0. The molecule has 1 N–H and O–H groups in total. The lowest BCUT2D eigenvalue weighted by molar-refractivity contribution is 0.335. The lowest BCUT2D eigenvalue weighted by Gasteiger charge is -2.28. The number of hydrogen-bond donors (Lipinski definition) is 1. The Balaban J connectivity index is 1.90. The van der Waals surface area contributed by atoms with Crippen LogP contribution >= 0.6 is 0 Å². The van der Waals surface area contributed by atoms with Crippen LogP contribution in [0.5, 0.6) is 0 Å². The maximum absolute atomic E-state index is 5.76. The van der Waals surface area contributed by atoms with E-state index < -0.39 is 0 Å². The smallest absolute Gasteiger partial charge is 0.110 e. The van der Waals surface area contributed by atoms with Gasteiger partial charge in [-0.15, -0.1) is 0 Å². The fraction of sp³-hybridized carbons (Fsp3) is 0.692. The summed E-state index contributed by atoms with van der Waals surface area (Å²) < 4.78 is 5.76. The maximum Gasteiger partial charge on any atom is 0.110 e. The summed E-state index contributed by atoms with van der Waals surface area (Å²) in [6.07, 6.45) is 6.67. The van der Waals surface area contributed by atoms with E-state index in [0.29, 0.717) is 6.04 Å². The molecule has 2 heteroatoms. The van der Waals surface area contributed by atoms with Crippen LogP contribution in [-0.4, -0.2) is 6.54 Å². The first-order valence-electron chi connectivity index (χ1n) is 6.17. The molecular weight excluding hydrogens is 186 g/mol. The Hall–Kier alpha value is -0.760. The van der Waals surface area contributed by atoms with Crippen molar-refractivity contribution in [3.05, 3.63) is 23.2 Å². The number of nitrogens with one attached hydrogen (secondary N) is 1. The van der Waals surface area contributed by atoms with Crippen LogP contribution in [0.25, 0.3) is 0 Å². The van der Waals surface area contributed by atoms with Crippen molar-refractivity contribution in [2.75, 3.05) is 6.54 Å². The highest BCUT2D eigenvalue weighted by molar-refractivity contribution is 5.28. The highest BCUT2D eigenvalue weighted by atomic mass is 16.3. The zero-order valence-electron chi connectivity index (χ0n) is 9.38. The van der Waals surface area contributed by atoms with Crippen LogP contribution in [0.2, 0.25) is 0 Å². The Bertz CT molecular complexity index is 349. The Morgan fingerprint density at radius 2 is 2.13 bits per heavy atom. The maximum atomic E-state index is 5.76. The molecule has 1 aliphatic carbocycles. The molecule has 1 atom stereocenters. The molecule has 1 fully saturated rings. The minimum absolute atomic E-state index is 0.577. The summed E-state index contributed by atoms with van der Waals surface area (Å²) in [6.45, 7) is 3.14. The Labute approximate surface area is 91.0 Å². The third-order valence-electron chi connectivity index (χ3n) is 3.89. The fourth-order valence-corrected chi connectivity index (χ4v) is 3.20. The van der Waals surface area contributed by atoms with Crippen molar-refractivity contribution < 1.29 is 4.42 Å². The van der Waals surface area contributed by atoms with E-state index >= 15 is 0 Å². The van der Waals surface area contributed by atoms with Gasteiger partial charge in [0, 0.05) is 24.6 Å². The second-order valence-electron chi connectivity index (χ2n) is 4.96. The van der Waals surface area contributed by atoms with E-state index in [1.165, 1.54) is 37.0 Å². The summed E-state index contributed by atoms with van der Waals surface area (Å²) in [6, 6.07) is 2.82. The largest absolute Gasteiger partial charge is 0.466 e. The van der Waals surface area contributed by atoms with Gasteiger partial charge in [-0.05, 0) is 31.7 Å². The fourth-order valence-electron chi connectivity index (χ4n) is 3.20. The molecule has 1 aliphatic heterocycles. The first-order valence-corrected chi connectivity index (χ1v) is 6.17. The Morgan fingerprint density at radius 1 is 1.33 bits per heavy atom. The van der Waals surface area contributed by atoms with Crippen molar-refractivity contribution in [1.29, 1.82) is 0 Å². The van der Waals surface area contributed by atoms with Crippen molar-refractivity contribution in [2.45, 2.75) is 45.1 Å². The van der Waals surface area contributed by atoms with Crippen molar-refractivity contribution in [3.63, 3.8) is 0 Å². The molecular formula is C13H19NO. The second-order valence-corrected chi connectivity index (χ2v) is 4.96. The van der Waals surface area contributed by atoms with E-state index in [9.17, 15) is 0 Å². The SMILES string of the molecule is Cc1cc2c(o1)CCNC2C1CCCC1. The number of hydrogen-bond acceptors (Lipinski definition) is 2. The summed E-state index contributed by atoms with van der Waals surface area (Å²) in [5, 5.41) is 3.67. The van der Waals surface area contributed by atoms with Crippen LogP contribution in [0.4, 0.5) is 0 Å². The van der Waals surface area contributed by atoms with Crippen molar-refractivity contribution in [1.82, 2.24) is 5.32 Å². The summed E-state index contributed by atoms with van der Waals surface area (Å²) in [5.41, 5.74) is 1.45. The molecule has 3 rings (SSSR count). The highest BCUT2D eigenvalue weighted by Gasteiger charge is 2.31. The zero-order chi connectivity index (χ0) is 10.3. The molecule has 0 saturated heterocycles. The van der Waals surface area contributed by atoms with Gasteiger partial charge in [-0.3, -0.25) is 0 Å².